The molecule has 1 amide bonds. The highest BCUT2D eigenvalue weighted by Gasteiger charge is 2.24. The lowest BCUT2D eigenvalue weighted by molar-refractivity contribution is 0.102. The maximum absolute atomic E-state index is 13.3. The molecule has 0 heterocycles. The number of anilines is 1. The fraction of sp³-hybridized carbons (Fsp3) is 0.148. The van der Waals surface area contributed by atoms with Crippen molar-refractivity contribution in [1.29, 1.82) is 0 Å². The van der Waals surface area contributed by atoms with Crippen LogP contribution in [0.4, 0.5) is 17.1 Å². The highest BCUT2D eigenvalue weighted by atomic mass is 35.5. The summed E-state index contributed by atoms with van der Waals surface area (Å²) in [5.74, 6) is -0.793. The molecule has 4 rings (SSSR count). The zero-order chi connectivity index (χ0) is 28.3. The van der Waals surface area contributed by atoms with Gasteiger partial charge in [-0.15, -0.1) is 10.2 Å². The van der Waals surface area contributed by atoms with Gasteiger partial charge in [-0.1, -0.05) is 66.5 Å². The van der Waals surface area contributed by atoms with Crippen LogP contribution in [0.15, 0.2) is 75.8 Å². The minimum atomic E-state index is -4.76. The number of ether oxygens (including phenoxy) is 1. The molecule has 12 heteroatoms. The Labute approximate surface area is 234 Å². The zero-order valence-corrected chi connectivity index (χ0v) is 23.1. The largest absolute Gasteiger partial charge is 0.505 e. The Morgan fingerprint density at radius 3 is 2.41 bits per heavy atom. The second-order valence-electron chi connectivity index (χ2n) is 8.26. The molecule has 0 atom stereocenters. The molecule has 0 saturated carbocycles. The highest BCUT2D eigenvalue weighted by Crippen LogP contribution is 2.42. The van der Waals surface area contributed by atoms with E-state index in [2.05, 4.69) is 15.5 Å². The molecule has 0 radical (unpaired) electrons. The van der Waals surface area contributed by atoms with E-state index < -0.39 is 26.7 Å². The van der Waals surface area contributed by atoms with E-state index in [9.17, 15) is 22.9 Å². The van der Waals surface area contributed by atoms with E-state index in [1.54, 1.807) is 62.4 Å². The van der Waals surface area contributed by atoms with Gasteiger partial charge in [-0.25, -0.2) is 0 Å². The zero-order valence-electron chi connectivity index (χ0n) is 20.8. The maximum atomic E-state index is 13.3. The predicted molar refractivity (Wildman–Crippen MR) is 151 cm³/mol. The number of fused-ring (bicyclic) bond motifs is 1. The van der Waals surface area contributed by atoms with Crippen molar-refractivity contribution >= 4 is 67.1 Å². The van der Waals surface area contributed by atoms with E-state index in [-0.39, 0.29) is 32.7 Å². The molecule has 0 fully saturated rings. The summed E-state index contributed by atoms with van der Waals surface area (Å²) in [6.07, 6.45) is 0.352. The maximum Gasteiger partial charge on any atom is 0.298 e. The second kappa shape index (κ2) is 11.6. The average Bonchev–Trinajstić information content (AvgIpc) is 2.89. The van der Waals surface area contributed by atoms with E-state index >= 15 is 0 Å². The summed E-state index contributed by atoms with van der Waals surface area (Å²) in [5.41, 5.74) is 0.323. The molecule has 0 spiro atoms. The first kappa shape index (κ1) is 28.3. The number of rotatable bonds is 8. The van der Waals surface area contributed by atoms with Gasteiger partial charge in [-0.3, -0.25) is 9.35 Å². The fourth-order valence-corrected chi connectivity index (χ4v) is 5.39. The van der Waals surface area contributed by atoms with Crippen LogP contribution >= 0.6 is 23.2 Å². The van der Waals surface area contributed by atoms with Gasteiger partial charge < -0.3 is 15.2 Å². The van der Waals surface area contributed by atoms with Gasteiger partial charge in [0.25, 0.3) is 16.0 Å². The quantitative estimate of drug-likeness (QED) is 0.142. The molecule has 9 nitrogen and oxygen atoms in total. The second-order valence-corrected chi connectivity index (χ2v) is 10.4. The van der Waals surface area contributed by atoms with Crippen LogP contribution in [0.5, 0.6) is 11.5 Å². The lowest BCUT2D eigenvalue weighted by Crippen LogP contribution is -2.13. The molecule has 0 saturated heterocycles. The summed E-state index contributed by atoms with van der Waals surface area (Å²) < 4.78 is 39.4. The van der Waals surface area contributed by atoms with Crippen LogP contribution in [-0.2, 0) is 16.5 Å². The summed E-state index contributed by atoms with van der Waals surface area (Å²) in [6, 6.07) is 16.1. The van der Waals surface area contributed by atoms with Gasteiger partial charge in [0.15, 0.2) is 5.75 Å². The monoisotopic (exact) mass is 587 g/mol. The van der Waals surface area contributed by atoms with Crippen molar-refractivity contribution in [3.05, 3.63) is 81.8 Å². The Kier molecular flexibility index (Phi) is 8.41. The predicted octanol–water partition coefficient (Wildman–Crippen LogP) is 7.73. The SMILES string of the molecule is CCOc1cccc(NC(=O)c2cc3ccccc3c(N=Nc3c(CC)ccc(Cl)c3S(=O)(=O)O)c2O)c1Cl. The fourth-order valence-electron chi connectivity index (χ4n) is 3.98. The van der Waals surface area contributed by atoms with Crippen molar-refractivity contribution in [2.75, 3.05) is 11.9 Å². The molecule has 0 aliphatic carbocycles. The van der Waals surface area contributed by atoms with E-state index in [4.69, 9.17) is 27.9 Å². The third-order valence-corrected chi connectivity index (χ3v) is 7.55. The van der Waals surface area contributed by atoms with Gasteiger partial charge >= 0.3 is 0 Å². The number of carbonyl (C=O) groups excluding carboxylic acids is 1. The lowest BCUT2D eigenvalue weighted by Gasteiger charge is -2.14. The number of hydrogen-bond donors (Lipinski definition) is 3. The minimum absolute atomic E-state index is 0.0873. The number of carbonyl (C=O) groups is 1. The molecule has 0 aliphatic rings. The number of amides is 1. The minimum Gasteiger partial charge on any atom is -0.505 e. The summed E-state index contributed by atoms with van der Waals surface area (Å²) in [7, 11) is -4.76. The van der Waals surface area contributed by atoms with Crippen molar-refractivity contribution in [1.82, 2.24) is 0 Å². The number of aromatic hydroxyl groups is 1. The first-order chi connectivity index (χ1) is 18.6. The van der Waals surface area contributed by atoms with Gasteiger partial charge in [0, 0.05) is 5.39 Å². The Morgan fingerprint density at radius 1 is 1.00 bits per heavy atom. The average molecular weight is 588 g/mol. The topological polar surface area (TPSA) is 138 Å². The van der Waals surface area contributed by atoms with Crippen molar-refractivity contribution in [2.24, 2.45) is 10.2 Å². The number of aryl methyl sites for hydroxylation is 1. The number of nitrogens with zero attached hydrogens (tertiary/aromatic N) is 2. The third kappa shape index (κ3) is 5.84. The van der Waals surface area contributed by atoms with Crippen molar-refractivity contribution < 1.29 is 27.6 Å². The Morgan fingerprint density at radius 2 is 1.72 bits per heavy atom. The van der Waals surface area contributed by atoms with Crippen LogP contribution in [0, 0.1) is 0 Å². The number of nitrogens with one attached hydrogen (secondary N) is 1. The Balaban J connectivity index is 1.85. The van der Waals surface area contributed by atoms with Crippen LogP contribution in [0.3, 0.4) is 0 Å². The van der Waals surface area contributed by atoms with Crippen LogP contribution < -0.4 is 10.1 Å². The molecule has 0 aliphatic heterocycles. The molecular formula is C27H23Cl2N3O6S. The summed E-state index contributed by atoms with van der Waals surface area (Å²) in [6.45, 7) is 3.94. The Hall–Kier alpha value is -3.70. The molecular weight excluding hydrogens is 565 g/mol. The smallest absolute Gasteiger partial charge is 0.298 e. The first-order valence-electron chi connectivity index (χ1n) is 11.7. The molecule has 0 bridgehead atoms. The summed E-state index contributed by atoms with van der Waals surface area (Å²) >= 11 is 12.5. The van der Waals surface area contributed by atoms with Gasteiger partial charge in [-0.05, 0) is 48.6 Å². The van der Waals surface area contributed by atoms with Crippen LogP contribution in [0.1, 0.15) is 29.8 Å². The number of phenols is 1. The van der Waals surface area contributed by atoms with Crippen molar-refractivity contribution in [3.63, 3.8) is 0 Å². The summed E-state index contributed by atoms with van der Waals surface area (Å²) in [4.78, 5) is 12.7. The van der Waals surface area contributed by atoms with Crippen molar-refractivity contribution in [2.45, 2.75) is 25.2 Å². The highest BCUT2D eigenvalue weighted by molar-refractivity contribution is 7.86. The molecule has 4 aromatic rings. The lowest BCUT2D eigenvalue weighted by atomic mass is 10.0. The van der Waals surface area contributed by atoms with Crippen LogP contribution in [-0.4, -0.2) is 30.6 Å². The first-order valence-corrected chi connectivity index (χ1v) is 13.9. The van der Waals surface area contributed by atoms with E-state index in [0.717, 1.165) is 0 Å². The third-order valence-electron chi connectivity index (χ3n) is 5.81. The Bertz CT molecular complexity index is 1720. The molecule has 4 aromatic carbocycles. The van der Waals surface area contributed by atoms with Gasteiger partial charge in [0.1, 0.15) is 27.0 Å². The van der Waals surface area contributed by atoms with Gasteiger partial charge in [0.05, 0.1) is 22.9 Å². The summed E-state index contributed by atoms with van der Waals surface area (Å²) in [5, 5.41) is 23.0. The number of halogens is 2. The molecule has 39 heavy (non-hydrogen) atoms. The standard InChI is InChI=1S/C27H23Cl2N3O6S/c1-3-15-12-13-19(28)26(39(35,36)37)23(15)31-32-24-17-9-6-5-8-16(17)14-18(25(24)33)27(34)30-20-10-7-11-21(22(20)29)38-4-2/h5-14,33H,3-4H2,1-2H3,(H,30,34)(H,35,36,37). The number of hydrogen-bond acceptors (Lipinski definition) is 7. The van der Waals surface area contributed by atoms with Crippen LogP contribution in [0.2, 0.25) is 10.0 Å². The van der Waals surface area contributed by atoms with Crippen molar-refractivity contribution in [3.8, 4) is 11.5 Å². The number of benzene rings is 4. The molecule has 0 unspecified atom stereocenters. The molecule has 202 valence electrons. The van der Waals surface area contributed by atoms with Gasteiger partial charge in [-0.2, -0.15) is 8.42 Å². The van der Waals surface area contributed by atoms with Gasteiger partial charge in [0.2, 0.25) is 0 Å². The molecule has 0 aromatic heterocycles. The number of phenolic OH excluding ortho intramolecular Hbond substituents is 1. The molecule has 3 N–H and O–H groups in total. The number of azo groups is 1. The van der Waals surface area contributed by atoms with E-state index in [1.165, 1.54) is 12.1 Å². The van der Waals surface area contributed by atoms with Crippen LogP contribution in [0.25, 0.3) is 10.8 Å². The van der Waals surface area contributed by atoms with E-state index in [0.29, 0.717) is 35.1 Å². The normalized spacial score (nSPS) is 11.7. The van der Waals surface area contributed by atoms with E-state index in [1.807, 2.05) is 0 Å².